The van der Waals surface area contributed by atoms with Crippen LogP contribution in [-0.4, -0.2) is 20.0 Å². The molecule has 0 bridgehead atoms. The minimum absolute atomic E-state index is 0. The van der Waals surface area contributed by atoms with Gasteiger partial charge in [-0.25, -0.2) is 0 Å². The summed E-state index contributed by atoms with van der Waals surface area (Å²) in [5, 5.41) is 0. The molecular weight excluding hydrogens is 331 g/mol. The molecule has 0 aromatic heterocycles. The average molecular weight is 371 g/mol. The van der Waals surface area contributed by atoms with Crippen molar-refractivity contribution in [1.29, 1.82) is 0 Å². The van der Waals surface area contributed by atoms with Crippen LogP contribution in [0.2, 0.25) is 0 Å². The van der Waals surface area contributed by atoms with Crippen LogP contribution in [0.3, 0.4) is 0 Å². The van der Waals surface area contributed by atoms with E-state index in [2.05, 4.69) is 57.3 Å². The molecule has 1 aromatic rings. The van der Waals surface area contributed by atoms with Crippen molar-refractivity contribution in [2.45, 2.75) is 83.2 Å². The third-order valence-corrected chi connectivity index (χ3v) is 7.38. The molecule has 1 unspecified atom stereocenters. The summed E-state index contributed by atoms with van der Waals surface area (Å²) in [4.78, 5) is 0. The summed E-state index contributed by atoms with van der Waals surface area (Å²) in [6, 6.07) is 11.2. The lowest BCUT2D eigenvalue weighted by molar-refractivity contribution is -0.00000523. The van der Waals surface area contributed by atoms with Gasteiger partial charge in [-0.3, -0.25) is 0 Å². The summed E-state index contributed by atoms with van der Waals surface area (Å²) in [7, 11) is -0.825. The van der Waals surface area contributed by atoms with Gasteiger partial charge < -0.3 is 12.4 Å². The average Bonchev–Trinajstić information content (AvgIpc) is 2.52. The van der Waals surface area contributed by atoms with Crippen molar-refractivity contribution >= 4 is 7.26 Å². The van der Waals surface area contributed by atoms with E-state index >= 15 is 0 Å². The van der Waals surface area contributed by atoms with Gasteiger partial charge >= 0.3 is 0 Å². The quantitative estimate of drug-likeness (QED) is 0.340. The highest BCUT2D eigenvalue weighted by Crippen LogP contribution is 2.62. The van der Waals surface area contributed by atoms with Crippen molar-refractivity contribution in [3.63, 3.8) is 0 Å². The molecule has 0 amide bonds. The third-order valence-electron chi connectivity index (χ3n) is 4.95. The first kappa shape index (κ1) is 23.9. The highest BCUT2D eigenvalue weighted by molar-refractivity contribution is 7.74. The Balaban J connectivity index is 0.00000529. The van der Waals surface area contributed by atoms with Gasteiger partial charge in [-0.2, -0.15) is 0 Å². The summed E-state index contributed by atoms with van der Waals surface area (Å²) >= 11 is 0. The third kappa shape index (κ3) is 10.7. The molecule has 0 aliphatic heterocycles. The first-order valence-electron chi connectivity index (χ1n) is 9.91. The number of halogens is 1. The topological polar surface area (TPSA) is 0 Å². The molecule has 0 fully saturated rings. The molecule has 0 N–H and O–H groups in total. The number of benzene rings is 1. The van der Waals surface area contributed by atoms with Crippen molar-refractivity contribution in [2.75, 3.05) is 20.0 Å². The van der Waals surface area contributed by atoms with Crippen LogP contribution in [-0.2, 0) is 0 Å². The lowest BCUT2D eigenvalue weighted by atomic mass is 10.0. The summed E-state index contributed by atoms with van der Waals surface area (Å²) in [6.45, 7) is 9.80. The number of unbranched alkanes of at least 4 members (excludes halogenated alkanes) is 9. The SMILES string of the molecule is CCCCCCCCCCCCC(c1ccccc1)[P+](C)(C)C.[Cl-]. The molecule has 0 heterocycles. The van der Waals surface area contributed by atoms with E-state index in [4.69, 9.17) is 0 Å². The normalized spacial score (nSPS) is 12.7. The van der Waals surface area contributed by atoms with E-state index in [1.165, 1.54) is 70.6 Å². The van der Waals surface area contributed by atoms with Crippen LogP contribution in [0.1, 0.15) is 88.8 Å². The van der Waals surface area contributed by atoms with E-state index in [9.17, 15) is 0 Å². The molecule has 0 aliphatic carbocycles. The fraction of sp³-hybridized carbons (Fsp3) is 0.727. The van der Waals surface area contributed by atoms with Gasteiger partial charge in [0.1, 0.15) is 0 Å². The van der Waals surface area contributed by atoms with Gasteiger partial charge in [0.2, 0.25) is 0 Å². The van der Waals surface area contributed by atoms with Gasteiger partial charge in [0.15, 0.2) is 0 Å². The molecule has 0 saturated heterocycles. The smallest absolute Gasteiger partial charge is 0.0937 e. The minimum atomic E-state index is -0.825. The van der Waals surface area contributed by atoms with Gasteiger partial charge in [-0.05, 0) is 18.4 Å². The maximum absolute atomic E-state index is 2.50. The van der Waals surface area contributed by atoms with Crippen molar-refractivity contribution in [3.05, 3.63) is 35.9 Å². The van der Waals surface area contributed by atoms with Gasteiger partial charge in [-0.15, -0.1) is 0 Å². The van der Waals surface area contributed by atoms with Crippen LogP contribution < -0.4 is 12.4 Å². The number of hydrogen-bond donors (Lipinski definition) is 0. The Hall–Kier alpha value is -0.0600. The van der Waals surface area contributed by atoms with E-state index in [0.29, 0.717) is 0 Å². The molecular formula is C22H40ClP. The molecule has 0 nitrogen and oxygen atoms in total. The van der Waals surface area contributed by atoms with E-state index in [0.717, 1.165) is 5.66 Å². The number of hydrogen-bond acceptors (Lipinski definition) is 0. The molecule has 24 heavy (non-hydrogen) atoms. The largest absolute Gasteiger partial charge is 1.00 e. The van der Waals surface area contributed by atoms with Crippen LogP contribution in [0.4, 0.5) is 0 Å². The van der Waals surface area contributed by atoms with Crippen molar-refractivity contribution in [3.8, 4) is 0 Å². The predicted molar refractivity (Wildman–Crippen MR) is 110 cm³/mol. The van der Waals surface area contributed by atoms with Crippen molar-refractivity contribution in [2.24, 2.45) is 0 Å². The van der Waals surface area contributed by atoms with Crippen LogP contribution in [0.25, 0.3) is 0 Å². The summed E-state index contributed by atoms with van der Waals surface area (Å²) in [5.41, 5.74) is 2.38. The first-order chi connectivity index (χ1) is 11.1. The van der Waals surface area contributed by atoms with E-state index in [-0.39, 0.29) is 12.4 Å². The van der Waals surface area contributed by atoms with E-state index < -0.39 is 7.26 Å². The molecule has 140 valence electrons. The zero-order chi connectivity index (χ0) is 17.0. The van der Waals surface area contributed by atoms with Crippen LogP contribution >= 0.6 is 7.26 Å². The van der Waals surface area contributed by atoms with Crippen LogP contribution in [0.5, 0.6) is 0 Å². The standard InChI is InChI=1S/C22H40P.ClH/c1-5-6-7-8-9-10-11-12-13-17-20-22(23(2,3)4)21-18-15-14-16-19-21;/h14-16,18-19,22H,5-13,17,20H2,1-4H3;1H/q+1;/p-1. The van der Waals surface area contributed by atoms with Gasteiger partial charge in [-0.1, -0.05) is 95.0 Å². The zero-order valence-corrected chi connectivity index (χ0v) is 18.2. The first-order valence-corrected chi connectivity index (χ1v) is 13.1. The highest BCUT2D eigenvalue weighted by atomic mass is 35.5. The van der Waals surface area contributed by atoms with E-state index in [1.54, 1.807) is 5.56 Å². The fourth-order valence-corrected chi connectivity index (χ4v) is 5.53. The molecule has 0 spiro atoms. The summed E-state index contributed by atoms with van der Waals surface area (Å²) < 4.78 is 0. The Labute approximate surface area is 159 Å². The van der Waals surface area contributed by atoms with Crippen molar-refractivity contribution in [1.82, 2.24) is 0 Å². The Morgan fingerprint density at radius 2 is 1.17 bits per heavy atom. The Morgan fingerprint density at radius 3 is 1.62 bits per heavy atom. The Morgan fingerprint density at radius 1 is 0.708 bits per heavy atom. The Bertz CT molecular complexity index is 383. The van der Waals surface area contributed by atoms with Gasteiger partial charge in [0, 0.05) is 27.3 Å². The highest BCUT2D eigenvalue weighted by Gasteiger charge is 2.31. The lowest BCUT2D eigenvalue weighted by Crippen LogP contribution is -3.00. The number of rotatable bonds is 13. The maximum Gasteiger partial charge on any atom is 0.0937 e. The van der Waals surface area contributed by atoms with Gasteiger partial charge in [0.25, 0.3) is 0 Å². The monoisotopic (exact) mass is 370 g/mol. The molecule has 0 saturated carbocycles. The molecule has 1 atom stereocenters. The maximum atomic E-state index is 2.50. The van der Waals surface area contributed by atoms with Gasteiger partial charge in [0.05, 0.1) is 5.66 Å². The molecule has 0 radical (unpaired) electrons. The molecule has 1 rings (SSSR count). The fourth-order valence-electron chi connectivity index (χ4n) is 3.50. The van der Waals surface area contributed by atoms with Crippen LogP contribution in [0.15, 0.2) is 30.3 Å². The van der Waals surface area contributed by atoms with Crippen LogP contribution in [0, 0.1) is 0 Å². The predicted octanol–water partition coefficient (Wildman–Crippen LogP) is 4.95. The minimum Gasteiger partial charge on any atom is -1.00 e. The summed E-state index contributed by atoms with van der Waals surface area (Å²) in [5.74, 6) is 0. The molecule has 0 aliphatic rings. The molecule has 2 heteroatoms. The zero-order valence-electron chi connectivity index (χ0n) is 16.6. The Kier molecular flexibility index (Phi) is 14.1. The second kappa shape index (κ2) is 14.1. The molecule has 1 aromatic carbocycles. The lowest BCUT2D eigenvalue weighted by Gasteiger charge is -2.25. The summed E-state index contributed by atoms with van der Waals surface area (Å²) in [6.07, 6.45) is 15.7. The second-order valence-electron chi connectivity index (χ2n) is 8.01. The van der Waals surface area contributed by atoms with E-state index in [1.807, 2.05) is 0 Å². The second-order valence-corrected chi connectivity index (χ2v) is 12.9. The van der Waals surface area contributed by atoms with Crippen molar-refractivity contribution < 1.29 is 12.4 Å².